The van der Waals surface area contributed by atoms with Crippen LogP contribution in [-0.4, -0.2) is 10.2 Å². The number of fused-ring (bicyclic) bond motifs is 1. The van der Waals surface area contributed by atoms with Crippen molar-refractivity contribution in [3.63, 3.8) is 0 Å². The predicted octanol–water partition coefficient (Wildman–Crippen LogP) is 1.35. The Morgan fingerprint density at radius 2 is 2.50 bits per heavy atom. The van der Waals surface area contributed by atoms with Crippen molar-refractivity contribution in [2.75, 3.05) is 0 Å². The van der Waals surface area contributed by atoms with E-state index in [0.29, 0.717) is 0 Å². The Kier molecular flexibility index (Phi) is 1.61. The van der Waals surface area contributed by atoms with Crippen LogP contribution in [0.25, 0.3) is 0 Å². The molecule has 12 heavy (non-hydrogen) atoms. The van der Waals surface area contributed by atoms with E-state index in [9.17, 15) is 0 Å². The number of H-pyrrole nitrogens is 1. The summed E-state index contributed by atoms with van der Waals surface area (Å²) in [6.07, 6.45) is 2.81. The van der Waals surface area contributed by atoms with Gasteiger partial charge < -0.3 is 0 Å². The van der Waals surface area contributed by atoms with Crippen LogP contribution >= 0.6 is 0 Å². The molecule has 0 amide bonds. The van der Waals surface area contributed by atoms with Crippen molar-refractivity contribution in [3.05, 3.63) is 17.0 Å². The summed E-state index contributed by atoms with van der Waals surface area (Å²) in [7, 11) is 0. The van der Waals surface area contributed by atoms with Crippen LogP contribution in [0.4, 0.5) is 0 Å². The lowest BCUT2D eigenvalue weighted by Gasteiger charge is -2.14. The lowest BCUT2D eigenvalue weighted by molar-refractivity contribution is 0.558. The molecule has 0 spiro atoms. The van der Waals surface area contributed by atoms with Gasteiger partial charge in [0, 0.05) is 5.69 Å². The molecule has 0 saturated heterocycles. The molecule has 3 nitrogen and oxygen atoms in total. The van der Waals surface area contributed by atoms with Gasteiger partial charge in [-0.2, -0.15) is 10.4 Å². The minimum atomic E-state index is 0.203. The quantitative estimate of drug-likeness (QED) is 0.624. The highest BCUT2D eigenvalue weighted by Gasteiger charge is 2.21. The molecule has 1 aliphatic rings. The van der Waals surface area contributed by atoms with Crippen molar-refractivity contribution in [1.29, 1.82) is 5.26 Å². The van der Waals surface area contributed by atoms with Crippen molar-refractivity contribution in [2.45, 2.75) is 26.2 Å². The van der Waals surface area contributed by atoms with Crippen molar-refractivity contribution < 1.29 is 0 Å². The molecule has 1 aliphatic carbocycles. The summed E-state index contributed by atoms with van der Waals surface area (Å²) in [5, 5.41) is 15.9. The van der Waals surface area contributed by atoms with Crippen LogP contribution in [0, 0.1) is 24.2 Å². The highest BCUT2D eigenvalue weighted by Crippen LogP contribution is 2.25. The molecule has 1 aromatic rings. The molecule has 1 heterocycles. The first-order valence-corrected chi connectivity index (χ1v) is 4.23. The van der Waals surface area contributed by atoms with E-state index in [1.54, 1.807) is 0 Å². The molecule has 0 fully saturated rings. The van der Waals surface area contributed by atoms with E-state index in [4.69, 9.17) is 5.26 Å². The molecule has 62 valence electrons. The van der Waals surface area contributed by atoms with Gasteiger partial charge in [0.1, 0.15) is 0 Å². The number of rotatable bonds is 0. The highest BCUT2D eigenvalue weighted by atomic mass is 15.1. The molecule has 0 aliphatic heterocycles. The third-order valence-electron chi connectivity index (χ3n) is 2.52. The van der Waals surface area contributed by atoms with E-state index in [0.717, 1.165) is 25.0 Å². The van der Waals surface area contributed by atoms with Crippen molar-refractivity contribution in [2.24, 2.45) is 5.92 Å². The number of nitrogens with one attached hydrogen (secondary N) is 1. The minimum Gasteiger partial charge on any atom is -0.282 e. The Labute approximate surface area is 71.4 Å². The van der Waals surface area contributed by atoms with Gasteiger partial charge in [-0.25, -0.2) is 0 Å². The maximum absolute atomic E-state index is 8.76. The smallest absolute Gasteiger partial charge is 0.0659 e. The number of aromatic nitrogens is 2. The monoisotopic (exact) mass is 161 g/mol. The fraction of sp³-hybridized carbons (Fsp3) is 0.556. The van der Waals surface area contributed by atoms with Crippen LogP contribution in [0.2, 0.25) is 0 Å². The van der Waals surface area contributed by atoms with Gasteiger partial charge in [0.15, 0.2) is 0 Å². The summed E-state index contributed by atoms with van der Waals surface area (Å²) >= 11 is 0. The zero-order valence-electron chi connectivity index (χ0n) is 7.09. The van der Waals surface area contributed by atoms with E-state index in [1.807, 2.05) is 6.92 Å². The predicted molar refractivity (Wildman–Crippen MR) is 44.5 cm³/mol. The van der Waals surface area contributed by atoms with Gasteiger partial charge in [-0.3, -0.25) is 5.10 Å². The number of nitrogens with zero attached hydrogens (tertiary/aromatic N) is 2. The molecular weight excluding hydrogens is 150 g/mol. The molecule has 0 bridgehead atoms. The van der Waals surface area contributed by atoms with Crippen LogP contribution < -0.4 is 0 Å². The number of hydrogen-bond acceptors (Lipinski definition) is 2. The fourth-order valence-corrected chi connectivity index (χ4v) is 1.75. The van der Waals surface area contributed by atoms with Gasteiger partial charge in [-0.15, -0.1) is 0 Å². The van der Waals surface area contributed by atoms with Crippen LogP contribution in [0.15, 0.2) is 0 Å². The van der Waals surface area contributed by atoms with Gasteiger partial charge in [0.25, 0.3) is 0 Å². The zero-order chi connectivity index (χ0) is 8.55. The van der Waals surface area contributed by atoms with E-state index in [-0.39, 0.29) is 5.92 Å². The molecular formula is C9H11N3. The van der Waals surface area contributed by atoms with Gasteiger partial charge in [-0.1, -0.05) is 0 Å². The van der Waals surface area contributed by atoms with E-state index < -0.39 is 0 Å². The number of nitriles is 1. The summed E-state index contributed by atoms with van der Waals surface area (Å²) in [6, 6.07) is 2.32. The van der Waals surface area contributed by atoms with Crippen LogP contribution in [0.5, 0.6) is 0 Å². The number of aromatic amines is 1. The van der Waals surface area contributed by atoms with Crippen molar-refractivity contribution in [1.82, 2.24) is 10.2 Å². The minimum absolute atomic E-state index is 0.203. The normalized spacial score (nSPS) is 21.5. The van der Waals surface area contributed by atoms with Crippen LogP contribution in [0.3, 0.4) is 0 Å². The summed E-state index contributed by atoms with van der Waals surface area (Å²) < 4.78 is 0. The summed E-state index contributed by atoms with van der Waals surface area (Å²) in [5.74, 6) is 0.203. The van der Waals surface area contributed by atoms with E-state index >= 15 is 0 Å². The average molecular weight is 161 g/mol. The Bertz CT molecular complexity index is 332. The molecule has 3 heteroatoms. The lowest BCUT2D eigenvalue weighted by atomic mass is 9.88. The molecule has 1 unspecified atom stereocenters. The van der Waals surface area contributed by atoms with Gasteiger partial charge in [0.05, 0.1) is 17.7 Å². The van der Waals surface area contributed by atoms with Crippen LogP contribution in [0.1, 0.15) is 23.4 Å². The first kappa shape index (κ1) is 7.35. The Balaban J connectivity index is 2.33. The Morgan fingerprint density at radius 3 is 3.25 bits per heavy atom. The third kappa shape index (κ3) is 1.00. The molecule has 0 saturated carbocycles. The largest absolute Gasteiger partial charge is 0.282 e. The zero-order valence-corrected chi connectivity index (χ0v) is 7.09. The topological polar surface area (TPSA) is 52.5 Å². The second kappa shape index (κ2) is 2.63. The summed E-state index contributed by atoms with van der Waals surface area (Å²) in [6.45, 7) is 2.02. The first-order chi connectivity index (χ1) is 5.81. The molecule has 0 aromatic carbocycles. The maximum atomic E-state index is 8.76. The van der Waals surface area contributed by atoms with Gasteiger partial charge >= 0.3 is 0 Å². The SMILES string of the molecule is Cc1[nH]nc2c1CC(C#N)CC2. The molecule has 2 rings (SSSR count). The lowest BCUT2D eigenvalue weighted by Crippen LogP contribution is -2.12. The fourth-order valence-electron chi connectivity index (χ4n) is 1.75. The van der Waals surface area contributed by atoms with E-state index in [2.05, 4.69) is 16.3 Å². The highest BCUT2D eigenvalue weighted by molar-refractivity contribution is 5.28. The molecule has 1 N–H and O–H groups in total. The summed E-state index contributed by atoms with van der Waals surface area (Å²) in [5.41, 5.74) is 3.57. The first-order valence-electron chi connectivity index (χ1n) is 4.23. The second-order valence-corrected chi connectivity index (χ2v) is 3.34. The summed E-state index contributed by atoms with van der Waals surface area (Å²) in [4.78, 5) is 0. The second-order valence-electron chi connectivity index (χ2n) is 3.34. The van der Waals surface area contributed by atoms with Crippen molar-refractivity contribution in [3.8, 4) is 6.07 Å². The third-order valence-corrected chi connectivity index (χ3v) is 2.52. The van der Waals surface area contributed by atoms with Gasteiger partial charge in [0.2, 0.25) is 0 Å². The molecule has 1 atom stereocenters. The standard InChI is InChI=1S/C9H11N3/c1-6-8-4-7(5-10)2-3-9(8)12-11-6/h7H,2-4H2,1H3,(H,11,12). The number of hydrogen-bond donors (Lipinski definition) is 1. The average Bonchev–Trinajstić information content (AvgIpc) is 2.47. The number of aryl methyl sites for hydroxylation is 2. The molecule has 0 radical (unpaired) electrons. The Morgan fingerprint density at radius 1 is 1.67 bits per heavy atom. The van der Waals surface area contributed by atoms with Gasteiger partial charge in [-0.05, 0) is 31.7 Å². The molecule has 1 aromatic heterocycles. The van der Waals surface area contributed by atoms with E-state index in [1.165, 1.54) is 11.3 Å². The Hall–Kier alpha value is -1.30. The maximum Gasteiger partial charge on any atom is 0.0659 e. The van der Waals surface area contributed by atoms with Crippen molar-refractivity contribution >= 4 is 0 Å². The van der Waals surface area contributed by atoms with Crippen LogP contribution in [-0.2, 0) is 12.8 Å².